The average Bonchev–Trinajstić information content (AvgIpc) is 3.28. The Bertz CT molecular complexity index is 1240. The van der Waals surface area contributed by atoms with Crippen LogP contribution in [0, 0.1) is 26.1 Å². The van der Waals surface area contributed by atoms with E-state index in [0.717, 1.165) is 11.3 Å². The van der Waals surface area contributed by atoms with Gasteiger partial charge in [0.2, 0.25) is 5.95 Å². The summed E-state index contributed by atoms with van der Waals surface area (Å²) in [6.45, 7) is 3.45. The van der Waals surface area contributed by atoms with E-state index in [1.807, 2.05) is 4.90 Å². The molecule has 0 saturated carbocycles. The van der Waals surface area contributed by atoms with Crippen molar-refractivity contribution >= 4 is 50.0 Å². The van der Waals surface area contributed by atoms with E-state index >= 15 is 0 Å². The second-order valence-corrected chi connectivity index (χ2v) is 8.74. The minimum atomic E-state index is -0.471. The highest BCUT2D eigenvalue weighted by Crippen LogP contribution is 2.36. The molecule has 0 bridgehead atoms. The van der Waals surface area contributed by atoms with Crippen LogP contribution in [0.3, 0.4) is 0 Å². The zero-order chi connectivity index (χ0) is 24.2. The number of nitrogens with zero attached hydrogens (tertiary/aromatic N) is 5. The maximum Gasteiger partial charge on any atom is 0.326 e. The number of nitro benzene ring substituents is 1. The van der Waals surface area contributed by atoms with E-state index in [1.54, 1.807) is 19.1 Å². The van der Waals surface area contributed by atoms with Crippen LogP contribution in [0.2, 0.25) is 0 Å². The van der Waals surface area contributed by atoms with Gasteiger partial charge in [0.25, 0.3) is 5.69 Å². The largest absolute Gasteiger partial charge is 0.466 e. The summed E-state index contributed by atoms with van der Waals surface area (Å²) in [5.74, 6) is 0.442. The highest BCUT2D eigenvalue weighted by molar-refractivity contribution is 7.21. The number of hydrogen-bond acceptors (Lipinski definition) is 11. The van der Waals surface area contributed by atoms with Crippen LogP contribution in [-0.2, 0) is 16.1 Å². The van der Waals surface area contributed by atoms with Gasteiger partial charge in [-0.15, -0.1) is 0 Å². The molecule has 2 aromatic heterocycles. The summed E-state index contributed by atoms with van der Waals surface area (Å²) in [5, 5.41) is 26.0. The first kappa shape index (κ1) is 23.3. The Labute approximate surface area is 197 Å². The van der Waals surface area contributed by atoms with E-state index in [2.05, 4.69) is 15.3 Å². The average molecular weight is 487 g/mol. The molecular formula is C21H22N6O6S. The lowest BCUT2D eigenvalue weighted by molar-refractivity contribution is -0.384. The molecule has 13 heteroatoms. The molecule has 4 rings (SSSR count). The molecule has 1 aromatic carbocycles. The fourth-order valence-electron chi connectivity index (χ4n) is 3.80. The van der Waals surface area contributed by atoms with Crippen molar-refractivity contribution in [3.05, 3.63) is 56.1 Å². The van der Waals surface area contributed by atoms with Crippen LogP contribution in [0.1, 0.15) is 25.3 Å². The topological polar surface area (TPSA) is 154 Å². The van der Waals surface area contributed by atoms with E-state index in [0.29, 0.717) is 60.1 Å². The van der Waals surface area contributed by atoms with Crippen molar-refractivity contribution < 1.29 is 19.4 Å². The Balaban J connectivity index is 1.59. The van der Waals surface area contributed by atoms with Gasteiger partial charge in [-0.1, -0.05) is 12.1 Å². The summed E-state index contributed by atoms with van der Waals surface area (Å²) < 4.78 is 5.12. The van der Waals surface area contributed by atoms with Crippen molar-refractivity contribution in [3.8, 4) is 0 Å². The van der Waals surface area contributed by atoms with Gasteiger partial charge in [-0.3, -0.25) is 25.0 Å². The van der Waals surface area contributed by atoms with Gasteiger partial charge >= 0.3 is 11.0 Å². The fourth-order valence-corrected chi connectivity index (χ4v) is 4.65. The zero-order valence-electron chi connectivity index (χ0n) is 18.3. The molecule has 3 aromatic rings. The number of rotatable bonds is 8. The standard InChI is InChI=1S/C21H22N6O6S/c1-2-33-20(28)14-6-8-25(9-7-14)21-23-18(16-11-17(27(31)32)34-19(16)24-21)22-12-13-4-3-5-15(10-13)26(29)30/h3-5,10-11,14H,2,6-9,12H2,1H3,(H,22,23,24). The van der Waals surface area contributed by atoms with Crippen molar-refractivity contribution in [2.24, 2.45) is 5.92 Å². The van der Waals surface area contributed by atoms with E-state index in [1.165, 1.54) is 18.2 Å². The van der Waals surface area contributed by atoms with E-state index in [9.17, 15) is 25.0 Å². The number of non-ortho nitro benzene ring substituents is 1. The Morgan fingerprint density at radius 1 is 1.21 bits per heavy atom. The molecule has 1 N–H and O–H groups in total. The van der Waals surface area contributed by atoms with Crippen molar-refractivity contribution in [1.82, 2.24) is 9.97 Å². The fraction of sp³-hybridized carbons (Fsp3) is 0.381. The number of esters is 1. The van der Waals surface area contributed by atoms with Crippen LogP contribution < -0.4 is 10.2 Å². The summed E-state index contributed by atoms with van der Waals surface area (Å²) >= 11 is 0.957. The molecule has 34 heavy (non-hydrogen) atoms. The molecule has 1 fully saturated rings. The third-order valence-corrected chi connectivity index (χ3v) is 6.51. The quantitative estimate of drug-likeness (QED) is 0.282. The van der Waals surface area contributed by atoms with Crippen LogP contribution in [0.4, 0.5) is 22.5 Å². The number of fused-ring (bicyclic) bond motifs is 1. The maximum atomic E-state index is 12.0. The number of ether oxygens (including phenoxy) is 1. The lowest BCUT2D eigenvalue weighted by atomic mass is 9.97. The maximum absolute atomic E-state index is 12.0. The van der Waals surface area contributed by atoms with E-state index in [-0.39, 0.29) is 29.1 Å². The third kappa shape index (κ3) is 5.03. The number of piperidine rings is 1. The monoisotopic (exact) mass is 486 g/mol. The van der Waals surface area contributed by atoms with Crippen molar-refractivity contribution in [2.75, 3.05) is 29.9 Å². The summed E-state index contributed by atoms with van der Waals surface area (Å²) in [6.07, 6.45) is 1.20. The number of nitrogens with one attached hydrogen (secondary N) is 1. The SMILES string of the molecule is CCOC(=O)C1CCN(c2nc(NCc3cccc([N+](=O)[O-])c3)c3cc([N+](=O)[O-])sc3n2)CC1. The molecule has 0 spiro atoms. The molecule has 0 amide bonds. The molecule has 0 unspecified atom stereocenters. The number of hydrogen-bond donors (Lipinski definition) is 1. The van der Waals surface area contributed by atoms with Gasteiger partial charge in [0.1, 0.15) is 10.6 Å². The lowest BCUT2D eigenvalue weighted by Crippen LogP contribution is -2.38. The molecule has 0 radical (unpaired) electrons. The van der Waals surface area contributed by atoms with Crippen LogP contribution in [0.25, 0.3) is 10.2 Å². The third-order valence-electron chi connectivity index (χ3n) is 5.53. The molecule has 0 aliphatic carbocycles. The van der Waals surface area contributed by atoms with Gasteiger partial charge in [0, 0.05) is 37.8 Å². The van der Waals surface area contributed by atoms with Gasteiger partial charge in [0.15, 0.2) is 0 Å². The normalized spacial score (nSPS) is 14.2. The molecule has 1 saturated heterocycles. The lowest BCUT2D eigenvalue weighted by Gasteiger charge is -2.31. The number of carbonyl (C=O) groups excluding carboxylic acids is 1. The van der Waals surface area contributed by atoms with Crippen LogP contribution in [0.5, 0.6) is 0 Å². The number of benzene rings is 1. The van der Waals surface area contributed by atoms with Crippen molar-refractivity contribution in [1.29, 1.82) is 0 Å². The number of anilines is 2. The van der Waals surface area contributed by atoms with Gasteiger partial charge < -0.3 is 15.0 Å². The Morgan fingerprint density at radius 3 is 2.65 bits per heavy atom. The summed E-state index contributed by atoms with van der Waals surface area (Å²) in [6, 6.07) is 7.64. The molecule has 1 aliphatic rings. The zero-order valence-corrected chi connectivity index (χ0v) is 19.1. The predicted molar refractivity (Wildman–Crippen MR) is 126 cm³/mol. The highest BCUT2D eigenvalue weighted by atomic mass is 32.1. The summed E-state index contributed by atoms with van der Waals surface area (Å²) in [5.41, 5.74) is 0.644. The van der Waals surface area contributed by atoms with Gasteiger partial charge in [-0.05, 0) is 36.7 Å². The Morgan fingerprint density at radius 2 is 1.97 bits per heavy atom. The van der Waals surface area contributed by atoms with Crippen molar-refractivity contribution in [2.45, 2.75) is 26.3 Å². The van der Waals surface area contributed by atoms with E-state index in [4.69, 9.17) is 4.74 Å². The van der Waals surface area contributed by atoms with E-state index < -0.39 is 9.85 Å². The van der Waals surface area contributed by atoms with Crippen LogP contribution in [-0.4, -0.2) is 45.5 Å². The first-order valence-corrected chi connectivity index (χ1v) is 11.5. The first-order chi connectivity index (χ1) is 16.4. The molecule has 3 heterocycles. The molecule has 0 atom stereocenters. The number of carbonyl (C=O) groups is 1. The summed E-state index contributed by atoms with van der Waals surface area (Å²) in [7, 11) is 0. The second kappa shape index (κ2) is 9.95. The Hall–Kier alpha value is -3.87. The van der Waals surface area contributed by atoms with Crippen molar-refractivity contribution in [3.63, 3.8) is 0 Å². The first-order valence-electron chi connectivity index (χ1n) is 10.7. The van der Waals surface area contributed by atoms with Crippen LogP contribution in [0.15, 0.2) is 30.3 Å². The predicted octanol–water partition coefficient (Wildman–Crippen LogP) is 3.90. The van der Waals surface area contributed by atoms with Gasteiger partial charge in [-0.2, -0.15) is 4.98 Å². The summed E-state index contributed by atoms with van der Waals surface area (Å²) in [4.78, 5) is 45.1. The molecular weight excluding hydrogens is 464 g/mol. The number of nitro groups is 2. The van der Waals surface area contributed by atoms with Gasteiger partial charge in [-0.25, -0.2) is 4.98 Å². The molecule has 12 nitrogen and oxygen atoms in total. The van der Waals surface area contributed by atoms with Gasteiger partial charge in [0.05, 0.1) is 27.8 Å². The second-order valence-electron chi connectivity index (χ2n) is 7.73. The Kier molecular flexibility index (Phi) is 6.82. The van der Waals surface area contributed by atoms with Crippen LogP contribution >= 0.6 is 11.3 Å². The number of thiophene rings is 1. The highest BCUT2D eigenvalue weighted by Gasteiger charge is 2.28. The number of aromatic nitrogens is 2. The minimum absolute atomic E-state index is 0.0246. The molecule has 1 aliphatic heterocycles. The minimum Gasteiger partial charge on any atom is -0.466 e. The smallest absolute Gasteiger partial charge is 0.326 e. The molecule has 178 valence electrons.